The first-order chi connectivity index (χ1) is 13.3. The zero-order valence-electron chi connectivity index (χ0n) is 13.8. The third-order valence-electron chi connectivity index (χ3n) is 3.44. The second kappa shape index (κ2) is 8.28. The zero-order chi connectivity index (χ0) is 20.3. The van der Waals surface area contributed by atoms with Gasteiger partial charge in [-0.1, -0.05) is 11.6 Å². The summed E-state index contributed by atoms with van der Waals surface area (Å²) in [5.41, 5.74) is -0.0519. The third-order valence-corrected chi connectivity index (χ3v) is 4.49. The number of benzene rings is 2. The summed E-state index contributed by atoms with van der Waals surface area (Å²) in [6.45, 7) is -0.430. The molecule has 1 aromatic heterocycles. The largest absolute Gasteiger partial charge is 0.482 e. The fraction of sp³-hybridized carbons (Fsp3) is 0.0588. The average Bonchev–Trinajstić information content (AvgIpc) is 3.10. The Hall–Kier alpha value is -3.11. The number of non-ortho nitro benzene ring substituents is 1. The average molecular weight is 426 g/mol. The van der Waals surface area contributed by atoms with Crippen LogP contribution in [0.4, 0.5) is 19.6 Å². The number of anilines is 1. The minimum Gasteiger partial charge on any atom is -0.482 e. The lowest BCUT2D eigenvalue weighted by Gasteiger charge is -2.07. The van der Waals surface area contributed by atoms with Crippen LogP contribution in [0.2, 0.25) is 5.02 Å². The number of nitro benzene ring substituents is 1. The Bertz CT molecular complexity index is 1060. The number of nitro groups is 1. The lowest BCUT2D eigenvalue weighted by Crippen LogP contribution is -2.20. The number of ether oxygens (including phenoxy) is 1. The van der Waals surface area contributed by atoms with Crippen LogP contribution in [0, 0.1) is 21.7 Å². The van der Waals surface area contributed by atoms with Gasteiger partial charge in [-0.15, -0.1) is 11.3 Å². The van der Waals surface area contributed by atoms with Crippen LogP contribution >= 0.6 is 22.9 Å². The summed E-state index contributed by atoms with van der Waals surface area (Å²) in [6, 6.07) is 6.57. The summed E-state index contributed by atoms with van der Waals surface area (Å²) >= 11 is 6.91. The monoisotopic (exact) mass is 425 g/mol. The Morgan fingerprint density at radius 1 is 1.29 bits per heavy atom. The molecule has 7 nitrogen and oxygen atoms in total. The number of hydrogen-bond donors (Lipinski definition) is 1. The van der Waals surface area contributed by atoms with Gasteiger partial charge in [-0.05, 0) is 24.3 Å². The molecule has 0 atom stereocenters. The van der Waals surface area contributed by atoms with Gasteiger partial charge in [-0.25, -0.2) is 13.8 Å². The molecule has 0 aliphatic carbocycles. The molecule has 0 saturated heterocycles. The van der Waals surface area contributed by atoms with Crippen molar-refractivity contribution in [3.8, 4) is 17.0 Å². The maximum atomic E-state index is 13.8. The number of halogens is 3. The first kappa shape index (κ1) is 19.6. The van der Waals surface area contributed by atoms with Crippen molar-refractivity contribution in [1.82, 2.24) is 4.98 Å². The molecule has 0 spiro atoms. The van der Waals surface area contributed by atoms with Crippen molar-refractivity contribution in [3.05, 3.63) is 68.5 Å². The van der Waals surface area contributed by atoms with E-state index in [1.165, 1.54) is 17.5 Å². The molecule has 1 N–H and O–H groups in total. The number of hydrogen-bond acceptors (Lipinski definition) is 6. The van der Waals surface area contributed by atoms with E-state index < -0.39 is 29.1 Å². The summed E-state index contributed by atoms with van der Waals surface area (Å²) in [5.74, 6) is -1.72. The maximum absolute atomic E-state index is 13.8. The van der Waals surface area contributed by atoms with Crippen LogP contribution in [0.5, 0.6) is 5.75 Å². The molecule has 144 valence electrons. The van der Waals surface area contributed by atoms with Gasteiger partial charge in [0.2, 0.25) is 0 Å². The number of rotatable bonds is 6. The normalized spacial score (nSPS) is 10.5. The first-order valence-electron chi connectivity index (χ1n) is 7.61. The van der Waals surface area contributed by atoms with E-state index in [-0.39, 0.29) is 32.8 Å². The summed E-state index contributed by atoms with van der Waals surface area (Å²) in [4.78, 5) is 26.1. The predicted molar refractivity (Wildman–Crippen MR) is 99.7 cm³/mol. The van der Waals surface area contributed by atoms with E-state index in [4.69, 9.17) is 16.3 Å². The molecule has 3 aromatic rings. The summed E-state index contributed by atoms with van der Waals surface area (Å²) in [7, 11) is 0. The highest BCUT2D eigenvalue weighted by atomic mass is 35.5. The van der Waals surface area contributed by atoms with Gasteiger partial charge in [0.25, 0.3) is 11.6 Å². The maximum Gasteiger partial charge on any atom is 0.271 e. The number of nitrogens with zero attached hydrogens (tertiary/aromatic N) is 2. The zero-order valence-corrected chi connectivity index (χ0v) is 15.4. The van der Waals surface area contributed by atoms with Crippen molar-refractivity contribution in [3.63, 3.8) is 0 Å². The van der Waals surface area contributed by atoms with Gasteiger partial charge in [-0.3, -0.25) is 20.2 Å². The number of carbonyl (C=O) groups excluding carboxylic acids is 1. The summed E-state index contributed by atoms with van der Waals surface area (Å²) in [5, 5.41) is 14.8. The molecule has 0 aliphatic rings. The number of amides is 1. The van der Waals surface area contributed by atoms with Crippen LogP contribution in [0.25, 0.3) is 11.3 Å². The van der Waals surface area contributed by atoms with Gasteiger partial charge >= 0.3 is 0 Å². The molecule has 0 unspecified atom stereocenters. The molecule has 0 aliphatic heterocycles. The van der Waals surface area contributed by atoms with E-state index in [1.807, 2.05) is 0 Å². The van der Waals surface area contributed by atoms with Gasteiger partial charge in [0.05, 0.1) is 15.6 Å². The van der Waals surface area contributed by atoms with E-state index in [1.54, 1.807) is 0 Å². The Labute approximate surface area is 165 Å². The van der Waals surface area contributed by atoms with E-state index in [2.05, 4.69) is 10.3 Å². The number of carbonyl (C=O) groups is 1. The van der Waals surface area contributed by atoms with Crippen molar-refractivity contribution < 1.29 is 23.2 Å². The van der Waals surface area contributed by atoms with Crippen LogP contribution < -0.4 is 10.1 Å². The molecule has 1 heterocycles. The molecule has 1 amide bonds. The van der Waals surface area contributed by atoms with Gasteiger partial charge < -0.3 is 4.74 Å². The molecular formula is C17H10ClF2N3O4S. The van der Waals surface area contributed by atoms with Crippen molar-refractivity contribution >= 4 is 39.7 Å². The molecule has 2 aromatic carbocycles. The molecule has 0 saturated carbocycles. The number of thiazole rings is 1. The highest BCUT2D eigenvalue weighted by Gasteiger charge is 2.14. The molecule has 0 radical (unpaired) electrons. The minimum absolute atomic E-state index is 0.0138. The quantitative estimate of drug-likeness (QED) is 0.457. The highest BCUT2D eigenvalue weighted by Crippen LogP contribution is 2.29. The standard InChI is InChI=1S/C17H10ClF2N3O4S/c18-12-6-10(23(25)26)2-4-15(12)27-7-16(24)22-17-21-14(8-28-17)11-5-9(19)1-3-13(11)20/h1-6,8H,7H2,(H,21,22,24). The Morgan fingerprint density at radius 2 is 2.07 bits per heavy atom. The predicted octanol–water partition coefficient (Wildman–Crippen LogP) is 4.67. The molecule has 28 heavy (non-hydrogen) atoms. The van der Waals surface area contributed by atoms with Crippen LogP contribution in [-0.4, -0.2) is 22.4 Å². The Kier molecular flexibility index (Phi) is 5.81. The van der Waals surface area contributed by atoms with Gasteiger partial charge in [0, 0.05) is 23.1 Å². The van der Waals surface area contributed by atoms with Crippen LogP contribution in [0.15, 0.2) is 41.8 Å². The smallest absolute Gasteiger partial charge is 0.271 e. The van der Waals surface area contributed by atoms with Crippen molar-refractivity contribution in [2.45, 2.75) is 0 Å². The van der Waals surface area contributed by atoms with E-state index in [0.29, 0.717) is 0 Å². The highest BCUT2D eigenvalue weighted by molar-refractivity contribution is 7.14. The van der Waals surface area contributed by atoms with Crippen molar-refractivity contribution in [1.29, 1.82) is 0 Å². The molecular weight excluding hydrogens is 416 g/mol. The topological polar surface area (TPSA) is 94.4 Å². The molecule has 0 fully saturated rings. The van der Waals surface area contributed by atoms with Crippen molar-refractivity contribution in [2.24, 2.45) is 0 Å². The van der Waals surface area contributed by atoms with Gasteiger partial charge in [0.15, 0.2) is 11.7 Å². The molecule has 3 rings (SSSR count). The van der Waals surface area contributed by atoms with E-state index >= 15 is 0 Å². The summed E-state index contributed by atoms with van der Waals surface area (Å²) < 4.78 is 32.3. The first-order valence-corrected chi connectivity index (χ1v) is 8.87. The fourth-order valence-electron chi connectivity index (χ4n) is 2.17. The SMILES string of the molecule is O=C(COc1ccc([N+](=O)[O-])cc1Cl)Nc1nc(-c2cc(F)ccc2F)cs1. The number of aromatic nitrogens is 1. The second-order valence-electron chi connectivity index (χ2n) is 5.37. The Morgan fingerprint density at radius 3 is 2.79 bits per heavy atom. The minimum atomic E-state index is -0.638. The van der Waals surface area contributed by atoms with Crippen LogP contribution in [0.1, 0.15) is 0 Å². The fourth-order valence-corrected chi connectivity index (χ4v) is 3.12. The Balaban J connectivity index is 1.62. The third kappa shape index (κ3) is 4.59. The summed E-state index contributed by atoms with van der Waals surface area (Å²) in [6.07, 6.45) is 0. The lowest BCUT2D eigenvalue weighted by atomic mass is 10.1. The van der Waals surface area contributed by atoms with E-state index in [9.17, 15) is 23.7 Å². The van der Waals surface area contributed by atoms with Gasteiger partial charge in [0.1, 0.15) is 17.4 Å². The van der Waals surface area contributed by atoms with Crippen LogP contribution in [0.3, 0.4) is 0 Å². The number of nitrogens with one attached hydrogen (secondary N) is 1. The lowest BCUT2D eigenvalue weighted by molar-refractivity contribution is -0.384. The van der Waals surface area contributed by atoms with Crippen LogP contribution in [-0.2, 0) is 4.79 Å². The van der Waals surface area contributed by atoms with Crippen molar-refractivity contribution in [2.75, 3.05) is 11.9 Å². The molecule has 0 bridgehead atoms. The van der Waals surface area contributed by atoms with Gasteiger partial charge in [-0.2, -0.15) is 0 Å². The second-order valence-corrected chi connectivity index (χ2v) is 6.64. The molecule has 11 heteroatoms. The van der Waals surface area contributed by atoms with E-state index in [0.717, 1.165) is 35.6 Å².